The number of piperazine rings is 1. The van der Waals surface area contributed by atoms with Crippen LogP contribution in [0.1, 0.15) is 12.5 Å². The Kier molecular flexibility index (Phi) is 3.98. The molecule has 2 rings (SSSR count). The molecular weight excluding hydrogens is 214 g/mol. The first-order chi connectivity index (χ1) is 8.27. The predicted molar refractivity (Wildman–Crippen MR) is 67.7 cm³/mol. The number of nitrogens with one attached hydrogen (secondary N) is 2. The fourth-order valence-electron chi connectivity index (χ4n) is 2.02. The molecule has 2 N–H and O–H groups in total. The van der Waals surface area contributed by atoms with Gasteiger partial charge in [0.05, 0.1) is 0 Å². The molecule has 17 heavy (non-hydrogen) atoms. The van der Waals surface area contributed by atoms with Crippen molar-refractivity contribution >= 4 is 6.03 Å². The highest BCUT2D eigenvalue weighted by Gasteiger charge is 2.22. The molecule has 2 amide bonds. The highest BCUT2D eigenvalue weighted by atomic mass is 16.2. The van der Waals surface area contributed by atoms with E-state index in [-0.39, 0.29) is 12.1 Å². The van der Waals surface area contributed by atoms with Crippen LogP contribution in [0.4, 0.5) is 4.79 Å². The monoisotopic (exact) mass is 233 g/mol. The van der Waals surface area contributed by atoms with Crippen molar-refractivity contribution in [3.63, 3.8) is 0 Å². The minimum Gasteiger partial charge on any atom is -0.334 e. The van der Waals surface area contributed by atoms with Crippen LogP contribution in [-0.2, 0) is 6.54 Å². The Bertz CT molecular complexity index is 366. The van der Waals surface area contributed by atoms with E-state index in [4.69, 9.17) is 0 Å². The van der Waals surface area contributed by atoms with E-state index < -0.39 is 0 Å². The van der Waals surface area contributed by atoms with Gasteiger partial charge in [-0.2, -0.15) is 0 Å². The summed E-state index contributed by atoms with van der Waals surface area (Å²) in [6.45, 7) is 5.19. The number of rotatable bonds is 2. The van der Waals surface area contributed by atoms with Crippen LogP contribution in [0.5, 0.6) is 0 Å². The van der Waals surface area contributed by atoms with Gasteiger partial charge in [-0.05, 0) is 12.5 Å². The van der Waals surface area contributed by atoms with Crippen LogP contribution in [0.25, 0.3) is 0 Å². The van der Waals surface area contributed by atoms with E-state index in [1.807, 2.05) is 35.2 Å². The van der Waals surface area contributed by atoms with Crippen LogP contribution in [0.3, 0.4) is 0 Å². The lowest BCUT2D eigenvalue weighted by molar-refractivity contribution is 0.164. The summed E-state index contributed by atoms with van der Waals surface area (Å²) in [5.41, 5.74) is 1.13. The molecule has 1 heterocycles. The number of benzene rings is 1. The van der Waals surface area contributed by atoms with Gasteiger partial charge in [0, 0.05) is 32.2 Å². The van der Waals surface area contributed by atoms with Crippen molar-refractivity contribution in [1.82, 2.24) is 15.5 Å². The van der Waals surface area contributed by atoms with Crippen LogP contribution >= 0.6 is 0 Å². The van der Waals surface area contributed by atoms with Crippen molar-refractivity contribution in [2.45, 2.75) is 19.5 Å². The molecule has 1 aliphatic heterocycles. The molecule has 1 saturated heterocycles. The van der Waals surface area contributed by atoms with E-state index in [2.05, 4.69) is 17.6 Å². The number of hydrogen-bond donors (Lipinski definition) is 2. The van der Waals surface area contributed by atoms with E-state index in [1.54, 1.807) is 0 Å². The minimum atomic E-state index is 0.0304. The molecule has 0 spiro atoms. The minimum absolute atomic E-state index is 0.0304. The third kappa shape index (κ3) is 3.20. The number of carbonyl (C=O) groups excluding carboxylic acids is 1. The molecule has 1 unspecified atom stereocenters. The second-order valence-corrected chi connectivity index (χ2v) is 4.39. The molecular formula is C13H19N3O. The largest absolute Gasteiger partial charge is 0.334 e. The summed E-state index contributed by atoms with van der Waals surface area (Å²) < 4.78 is 0. The zero-order valence-electron chi connectivity index (χ0n) is 10.1. The fraction of sp³-hybridized carbons (Fsp3) is 0.462. The zero-order valence-corrected chi connectivity index (χ0v) is 10.1. The quantitative estimate of drug-likeness (QED) is 0.806. The molecule has 1 atom stereocenters. The van der Waals surface area contributed by atoms with E-state index in [9.17, 15) is 4.79 Å². The van der Waals surface area contributed by atoms with Gasteiger partial charge in [-0.25, -0.2) is 4.79 Å². The SMILES string of the molecule is CC1CNCCN1C(=O)NCc1ccccc1. The van der Waals surface area contributed by atoms with Crippen LogP contribution < -0.4 is 10.6 Å². The first-order valence-electron chi connectivity index (χ1n) is 6.06. The number of nitrogens with zero attached hydrogens (tertiary/aromatic N) is 1. The molecule has 4 heteroatoms. The van der Waals surface area contributed by atoms with Gasteiger partial charge in [-0.15, -0.1) is 0 Å². The van der Waals surface area contributed by atoms with Gasteiger partial charge in [-0.1, -0.05) is 30.3 Å². The van der Waals surface area contributed by atoms with Gasteiger partial charge in [0.1, 0.15) is 0 Å². The first-order valence-corrected chi connectivity index (χ1v) is 6.06. The Hall–Kier alpha value is -1.55. The molecule has 0 bridgehead atoms. The van der Waals surface area contributed by atoms with E-state index in [0.717, 1.165) is 25.2 Å². The summed E-state index contributed by atoms with van der Waals surface area (Å²) >= 11 is 0. The molecule has 0 aliphatic carbocycles. The lowest BCUT2D eigenvalue weighted by Gasteiger charge is -2.33. The standard InChI is InChI=1S/C13H19N3O/c1-11-9-14-7-8-16(11)13(17)15-10-12-5-3-2-4-6-12/h2-6,11,14H,7-10H2,1H3,(H,15,17). The maximum Gasteiger partial charge on any atom is 0.317 e. The molecule has 1 aliphatic rings. The summed E-state index contributed by atoms with van der Waals surface area (Å²) in [5, 5.41) is 6.23. The summed E-state index contributed by atoms with van der Waals surface area (Å²) in [6, 6.07) is 10.3. The smallest absolute Gasteiger partial charge is 0.317 e. The third-order valence-corrected chi connectivity index (χ3v) is 3.05. The van der Waals surface area contributed by atoms with Gasteiger partial charge in [0.25, 0.3) is 0 Å². The Labute approximate surface area is 102 Å². The Morgan fingerprint density at radius 2 is 2.24 bits per heavy atom. The number of hydrogen-bond acceptors (Lipinski definition) is 2. The number of carbonyl (C=O) groups is 1. The molecule has 92 valence electrons. The van der Waals surface area contributed by atoms with E-state index in [0.29, 0.717) is 6.54 Å². The molecule has 1 fully saturated rings. The lowest BCUT2D eigenvalue weighted by atomic mass is 10.2. The fourth-order valence-corrected chi connectivity index (χ4v) is 2.02. The van der Waals surface area contributed by atoms with Crippen LogP contribution in [0.15, 0.2) is 30.3 Å². The second-order valence-electron chi connectivity index (χ2n) is 4.39. The van der Waals surface area contributed by atoms with Crippen molar-refractivity contribution in [2.75, 3.05) is 19.6 Å². The average Bonchev–Trinajstić information content (AvgIpc) is 2.38. The highest BCUT2D eigenvalue weighted by molar-refractivity contribution is 5.74. The van der Waals surface area contributed by atoms with Gasteiger partial charge in [0.15, 0.2) is 0 Å². The van der Waals surface area contributed by atoms with Crippen molar-refractivity contribution in [1.29, 1.82) is 0 Å². The predicted octanol–water partition coefficient (Wildman–Crippen LogP) is 1.19. The molecule has 0 saturated carbocycles. The third-order valence-electron chi connectivity index (χ3n) is 3.05. The van der Waals surface area contributed by atoms with Gasteiger partial charge in [-0.3, -0.25) is 0 Å². The molecule has 1 aromatic carbocycles. The summed E-state index contributed by atoms with van der Waals surface area (Å²) in [4.78, 5) is 13.9. The topological polar surface area (TPSA) is 44.4 Å². The normalized spacial score (nSPS) is 20.1. The van der Waals surface area contributed by atoms with Crippen molar-refractivity contribution < 1.29 is 4.79 Å². The van der Waals surface area contributed by atoms with Crippen LogP contribution in [0.2, 0.25) is 0 Å². The molecule has 0 aromatic heterocycles. The van der Waals surface area contributed by atoms with Crippen molar-refractivity contribution in [3.8, 4) is 0 Å². The van der Waals surface area contributed by atoms with Gasteiger partial charge < -0.3 is 15.5 Å². The maximum atomic E-state index is 12.0. The average molecular weight is 233 g/mol. The van der Waals surface area contributed by atoms with Crippen LogP contribution in [0, 0.1) is 0 Å². The van der Waals surface area contributed by atoms with E-state index >= 15 is 0 Å². The highest BCUT2D eigenvalue weighted by Crippen LogP contribution is 2.03. The molecule has 4 nitrogen and oxygen atoms in total. The van der Waals surface area contributed by atoms with Crippen molar-refractivity contribution in [3.05, 3.63) is 35.9 Å². The number of amides is 2. The van der Waals surface area contributed by atoms with Gasteiger partial charge >= 0.3 is 6.03 Å². The summed E-state index contributed by atoms with van der Waals surface area (Å²) in [7, 11) is 0. The Balaban J connectivity index is 1.84. The Morgan fingerprint density at radius 1 is 1.47 bits per heavy atom. The molecule has 0 radical (unpaired) electrons. The first kappa shape index (κ1) is 11.9. The number of urea groups is 1. The Morgan fingerprint density at radius 3 is 2.94 bits per heavy atom. The summed E-state index contributed by atoms with van der Waals surface area (Å²) in [5.74, 6) is 0. The molecule has 1 aromatic rings. The van der Waals surface area contributed by atoms with Gasteiger partial charge in [0.2, 0.25) is 0 Å². The second kappa shape index (κ2) is 5.68. The van der Waals surface area contributed by atoms with E-state index in [1.165, 1.54) is 0 Å². The van der Waals surface area contributed by atoms with Crippen LogP contribution in [-0.4, -0.2) is 36.6 Å². The zero-order chi connectivity index (χ0) is 12.1. The lowest BCUT2D eigenvalue weighted by Crippen LogP contribution is -2.55. The van der Waals surface area contributed by atoms with Crippen molar-refractivity contribution in [2.24, 2.45) is 0 Å². The maximum absolute atomic E-state index is 12.0. The summed E-state index contributed by atoms with van der Waals surface area (Å²) in [6.07, 6.45) is 0.